The first kappa shape index (κ1) is 15.7. The normalized spacial score (nSPS) is 24.5. The summed E-state index contributed by atoms with van der Waals surface area (Å²) in [6, 6.07) is 0.960. The average molecular weight is 282 g/mol. The van der Waals surface area contributed by atoms with Gasteiger partial charge >= 0.3 is 0 Å². The Morgan fingerprint density at radius 2 is 1.85 bits per heavy atom. The van der Waals surface area contributed by atoms with Crippen molar-refractivity contribution in [1.29, 1.82) is 0 Å². The Balaban J connectivity index is 1.78. The van der Waals surface area contributed by atoms with Crippen molar-refractivity contribution in [3.05, 3.63) is 0 Å². The summed E-state index contributed by atoms with van der Waals surface area (Å²) in [5, 5.41) is 2.70. The minimum absolute atomic E-state index is 0.0959. The third kappa shape index (κ3) is 4.17. The maximum atomic E-state index is 11.5. The van der Waals surface area contributed by atoms with E-state index in [1.165, 1.54) is 45.2 Å². The van der Waals surface area contributed by atoms with Crippen molar-refractivity contribution in [3.63, 3.8) is 0 Å². The molecule has 5 heteroatoms. The molecule has 2 saturated heterocycles. The van der Waals surface area contributed by atoms with Gasteiger partial charge < -0.3 is 16.0 Å². The van der Waals surface area contributed by atoms with E-state index in [4.69, 9.17) is 5.73 Å². The molecule has 1 unspecified atom stereocenters. The van der Waals surface area contributed by atoms with Crippen LogP contribution in [0.25, 0.3) is 0 Å². The molecule has 2 fully saturated rings. The number of hydrogen-bond donors (Lipinski definition) is 2. The van der Waals surface area contributed by atoms with Crippen molar-refractivity contribution in [2.75, 3.05) is 39.8 Å². The molecule has 0 aliphatic carbocycles. The number of nitrogens with one attached hydrogen (secondary N) is 1. The number of nitrogens with two attached hydrogens (primary N) is 1. The number of carbonyl (C=O) groups excluding carboxylic acids is 1. The standard InChI is InChI=1S/C15H30N4O/c1-17-15(20)11-14(12-16)19-9-5-13(6-10-19)18-7-3-2-4-8-18/h13-14H,2-12,16H2,1H3,(H,17,20). The fourth-order valence-electron chi connectivity index (χ4n) is 3.58. The largest absolute Gasteiger partial charge is 0.359 e. The molecule has 2 aliphatic rings. The van der Waals surface area contributed by atoms with E-state index < -0.39 is 0 Å². The molecule has 116 valence electrons. The number of rotatable bonds is 5. The SMILES string of the molecule is CNC(=O)CC(CN)N1CCC(N2CCCCC2)CC1. The van der Waals surface area contributed by atoms with Crippen molar-refractivity contribution in [1.82, 2.24) is 15.1 Å². The van der Waals surface area contributed by atoms with Crippen molar-refractivity contribution >= 4 is 5.91 Å². The number of piperidine rings is 2. The first-order valence-electron chi connectivity index (χ1n) is 8.13. The second-order valence-electron chi connectivity index (χ2n) is 6.13. The number of likely N-dealkylation sites (tertiary alicyclic amines) is 2. The highest BCUT2D eigenvalue weighted by Gasteiger charge is 2.29. The summed E-state index contributed by atoms with van der Waals surface area (Å²) in [4.78, 5) is 16.6. The lowest BCUT2D eigenvalue weighted by Gasteiger charge is -2.42. The van der Waals surface area contributed by atoms with E-state index in [0.29, 0.717) is 13.0 Å². The molecule has 2 heterocycles. The first-order chi connectivity index (χ1) is 9.74. The molecule has 1 atom stereocenters. The van der Waals surface area contributed by atoms with E-state index in [1.807, 2.05) is 0 Å². The Morgan fingerprint density at radius 1 is 1.20 bits per heavy atom. The molecule has 0 radical (unpaired) electrons. The van der Waals surface area contributed by atoms with Gasteiger partial charge in [-0.2, -0.15) is 0 Å². The fourth-order valence-corrected chi connectivity index (χ4v) is 3.58. The van der Waals surface area contributed by atoms with Crippen LogP contribution in [0, 0.1) is 0 Å². The smallest absolute Gasteiger partial charge is 0.221 e. The van der Waals surface area contributed by atoms with Gasteiger partial charge in [0.05, 0.1) is 0 Å². The van der Waals surface area contributed by atoms with Crippen LogP contribution < -0.4 is 11.1 Å². The van der Waals surface area contributed by atoms with Gasteiger partial charge in [-0.3, -0.25) is 9.69 Å². The van der Waals surface area contributed by atoms with Crippen LogP contribution in [0.1, 0.15) is 38.5 Å². The van der Waals surface area contributed by atoms with Crippen LogP contribution in [0.5, 0.6) is 0 Å². The second-order valence-corrected chi connectivity index (χ2v) is 6.13. The Kier molecular flexibility index (Phi) is 6.26. The van der Waals surface area contributed by atoms with E-state index >= 15 is 0 Å². The molecule has 1 amide bonds. The fraction of sp³-hybridized carbons (Fsp3) is 0.933. The van der Waals surface area contributed by atoms with Crippen LogP contribution in [0.2, 0.25) is 0 Å². The summed E-state index contributed by atoms with van der Waals surface area (Å²) in [7, 11) is 1.69. The van der Waals surface area contributed by atoms with Crippen molar-refractivity contribution < 1.29 is 4.79 Å². The zero-order valence-electron chi connectivity index (χ0n) is 12.8. The summed E-state index contributed by atoms with van der Waals surface area (Å²) in [5.74, 6) is 0.0959. The summed E-state index contributed by atoms with van der Waals surface area (Å²) in [6.45, 7) is 5.30. The summed E-state index contributed by atoms with van der Waals surface area (Å²) >= 11 is 0. The third-order valence-electron chi connectivity index (χ3n) is 4.89. The molecule has 0 aromatic carbocycles. The highest BCUT2D eigenvalue weighted by molar-refractivity contribution is 5.76. The minimum Gasteiger partial charge on any atom is -0.359 e. The number of hydrogen-bond acceptors (Lipinski definition) is 4. The lowest BCUT2D eigenvalue weighted by Crippen LogP contribution is -2.51. The molecule has 5 nitrogen and oxygen atoms in total. The van der Waals surface area contributed by atoms with Gasteiger partial charge in [0, 0.05) is 32.1 Å². The molecule has 2 rings (SSSR count). The topological polar surface area (TPSA) is 61.6 Å². The molecule has 0 saturated carbocycles. The lowest BCUT2D eigenvalue weighted by atomic mass is 9.98. The Morgan fingerprint density at radius 3 is 2.40 bits per heavy atom. The van der Waals surface area contributed by atoms with Crippen LogP contribution in [-0.2, 0) is 4.79 Å². The summed E-state index contributed by atoms with van der Waals surface area (Å²) in [5.41, 5.74) is 5.85. The average Bonchev–Trinajstić information content (AvgIpc) is 2.53. The molecule has 20 heavy (non-hydrogen) atoms. The predicted octanol–water partition coefficient (Wildman–Crippen LogP) is 0.400. The summed E-state index contributed by atoms with van der Waals surface area (Å²) < 4.78 is 0. The molecule has 0 aromatic heterocycles. The molecule has 0 spiro atoms. The molecule has 0 aromatic rings. The van der Waals surface area contributed by atoms with Gasteiger partial charge in [0.15, 0.2) is 0 Å². The quantitative estimate of drug-likeness (QED) is 0.766. The van der Waals surface area contributed by atoms with Gasteiger partial charge in [-0.05, 0) is 51.9 Å². The Labute approximate surface area is 122 Å². The van der Waals surface area contributed by atoms with E-state index in [0.717, 1.165) is 19.1 Å². The maximum Gasteiger partial charge on any atom is 0.221 e. The van der Waals surface area contributed by atoms with Gasteiger partial charge in [-0.15, -0.1) is 0 Å². The molecular formula is C15H30N4O. The zero-order valence-corrected chi connectivity index (χ0v) is 12.8. The Hall–Kier alpha value is -0.650. The van der Waals surface area contributed by atoms with E-state index in [9.17, 15) is 4.79 Å². The highest BCUT2D eigenvalue weighted by atomic mass is 16.1. The zero-order chi connectivity index (χ0) is 14.4. The molecular weight excluding hydrogens is 252 g/mol. The van der Waals surface area contributed by atoms with Gasteiger partial charge in [0.25, 0.3) is 0 Å². The molecule has 2 aliphatic heterocycles. The molecule has 3 N–H and O–H groups in total. The van der Waals surface area contributed by atoms with Crippen molar-refractivity contribution in [2.45, 2.75) is 50.6 Å². The van der Waals surface area contributed by atoms with Gasteiger partial charge in [-0.1, -0.05) is 6.42 Å². The van der Waals surface area contributed by atoms with E-state index in [2.05, 4.69) is 15.1 Å². The third-order valence-corrected chi connectivity index (χ3v) is 4.89. The Bertz CT molecular complexity index is 296. The predicted molar refractivity (Wildman–Crippen MR) is 81.5 cm³/mol. The first-order valence-corrected chi connectivity index (χ1v) is 8.13. The van der Waals surface area contributed by atoms with Crippen LogP contribution in [0.3, 0.4) is 0 Å². The monoisotopic (exact) mass is 282 g/mol. The highest BCUT2D eigenvalue weighted by Crippen LogP contribution is 2.22. The van der Waals surface area contributed by atoms with E-state index in [1.54, 1.807) is 7.05 Å². The minimum atomic E-state index is 0.0959. The number of carbonyl (C=O) groups is 1. The van der Waals surface area contributed by atoms with Crippen molar-refractivity contribution in [3.8, 4) is 0 Å². The van der Waals surface area contributed by atoms with Crippen molar-refractivity contribution in [2.24, 2.45) is 5.73 Å². The van der Waals surface area contributed by atoms with E-state index in [-0.39, 0.29) is 11.9 Å². The van der Waals surface area contributed by atoms with Gasteiger partial charge in [0.1, 0.15) is 0 Å². The summed E-state index contributed by atoms with van der Waals surface area (Å²) in [6.07, 6.45) is 7.11. The van der Waals surface area contributed by atoms with Crippen LogP contribution in [0.15, 0.2) is 0 Å². The van der Waals surface area contributed by atoms with Gasteiger partial charge in [-0.25, -0.2) is 0 Å². The number of amides is 1. The second kappa shape index (κ2) is 7.96. The van der Waals surface area contributed by atoms with Crippen LogP contribution >= 0.6 is 0 Å². The number of nitrogens with zero attached hydrogens (tertiary/aromatic N) is 2. The van der Waals surface area contributed by atoms with Gasteiger partial charge in [0.2, 0.25) is 5.91 Å². The van der Waals surface area contributed by atoms with Crippen LogP contribution in [-0.4, -0.2) is 67.6 Å². The van der Waals surface area contributed by atoms with Crippen LogP contribution in [0.4, 0.5) is 0 Å². The maximum absolute atomic E-state index is 11.5. The molecule has 0 bridgehead atoms. The lowest BCUT2D eigenvalue weighted by molar-refractivity contribution is -0.122.